The minimum absolute atomic E-state index is 0.0748. The van der Waals surface area contributed by atoms with E-state index in [1.807, 2.05) is 0 Å². The van der Waals surface area contributed by atoms with E-state index in [4.69, 9.17) is 15.6 Å². The summed E-state index contributed by atoms with van der Waals surface area (Å²) in [6.07, 6.45) is -5.68. The normalized spacial score (nSPS) is 18.7. The molecule has 0 bridgehead atoms. The van der Waals surface area contributed by atoms with Gasteiger partial charge in [0.05, 0.1) is 35.7 Å². The fourth-order valence-corrected chi connectivity index (χ4v) is 4.70. The van der Waals surface area contributed by atoms with Crippen LogP contribution in [0.4, 0.5) is 26.0 Å². The van der Waals surface area contributed by atoms with Gasteiger partial charge in [0.1, 0.15) is 11.9 Å². The summed E-state index contributed by atoms with van der Waals surface area (Å²) < 4.78 is 34.1. The van der Waals surface area contributed by atoms with E-state index in [-0.39, 0.29) is 31.1 Å². The van der Waals surface area contributed by atoms with Crippen LogP contribution in [0, 0.1) is 0 Å². The van der Waals surface area contributed by atoms with Crippen LogP contribution in [0.3, 0.4) is 0 Å². The lowest BCUT2D eigenvalue weighted by Gasteiger charge is -2.21. The number of aliphatic hydroxyl groups is 2. The summed E-state index contributed by atoms with van der Waals surface area (Å²) in [6.45, 7) is -0.809. The maximum Gasteiger partial charge on any atom is 0.351 e. The molecule has 1 fully saturated rings. The molecule has 3 unspecified atom stereocenters. The zero-order chi connectivity index (χ0) is 33.0. The summed E-state index contributed by atoms with van der Waals surface area (Å²) in [4.78, 5) is 57.7. The molecule has 1 aliphatic heterocycles. The standard InChI is InChI=1S/C30H29F2N7O7/c31-30(32)26(43)22(15-40)46-28(30)39-12-11-23(38-29(39)45)37-25(42)10-9-24(41)34-14-18-7-5-16-13-17(6-8-20(16)35-18)27(44)36-21-4-2-1-3-19(21)33/h1-8,11-13,22,26,28,40,43H,9-10,14-15,33H2,(H,34,41)(H,36,44)(H,37,38,42,45). The first-order valence-corrected chi connectivity index (χ1v) is 14.0. The number of para-hydroxylation sites is 2. The predicted molar refractivity (Wildman–Crippen MR) is 161 cm³/mol. The summed E-state index contributed by atoms with van der Waals surface area (Å²) >= 11 is 0. The number of aromatic nitrogens is 3. The molecule has 0 aliphatic carbocycles. The first kappa shape index (κ1) is 32.1. The fraction of sp³-hybridized carbons (Fsp3) is 0.267. The highest BCUT2D eigenvalue weighted by Crippen LogP contribution is 2.42. The number of ether oxygens (including phenoxy) is 1. The number of pyridine rings is 1. The molecule has 3 amide bonds. The smallest absolute Gasteiger partial charge is 0.351 e. The molecule has 2 aromatic carbocycles. The van der Waals surface area contributed by atoms with Gasteiger partial charge in [-0.1, -0.05) is 18.2 Å². The number of fused-ring (bicyclic) bond motifs is 1. The Morgan fingerprint density at radius 2 is 1.76 bits per heavy atom. The van der Waals surface area contributed by atoms with Gasteiger partial charge < -0.3 is 36.6 Å². The minimum Gasteiger partial charge on any atom is -0.397 e. The Kier molecular flexibility index (Phi) is 9.31. The van der Waals surface area contributed by atoms with Crippen LogP contribution in [0.1, 0.15) is 35.1 Å². The number of rotatable bonds is 10. The van der Waals surface area contributed by atoms with Crippen molar-refractivity contribution < 1.29 is 38.1 Å². The molecule has 7 N–H and O–H groups in total. The number of nitrogens with two attached hydrogens (primary N) is 1. The SMILES string of the molecule is Nc1ccccc1NC(=O)c1ccc2nc(CNC(=O)CCC(=O)Nc3ccn(C4OC(CO)C(O)C4(F)F)c(=O)n3)ccc2c1. The number of nitrogens with one attached hydrogen (secondary N) is 3. The minimum atomic E-state index is -3.88. The van der Waals surface area contributed by atoms with Crippen molar-refractivity contribution in [1.82, 2.24) is 19.9 Å². The van der Waals surface area contributed by atoms with Gasteiger partial charge in [0.2, 0.25) is 18.0 Å². The van der Waals surface area contributed by atoms with E-state index < -0.39 is 48.5 Å². The third kappa shape index (κ3) is 6.98. The topological polar surface area (TPSA) is 211 Å². The van der Waals surface area contributed by atoms with Crippen molar-refractivity contribution in [1.29, 1.82) is 0 Å². The molecule has 0 spiro atoms. The molecule has 240 valence electrons. The second-order valence-electron chi connectivity index (χ2n) is 10.4. The number of hydrogen-bond acceptors (Lipinski definition) is 10. The third-order valence-corrected chi connectivity index (χ3v) is 7.17. The highest BCUT2D eigenvalue weighted by atomic mass is 19.3. The lowest BCUT2D eigenvalue weighted by Crippen LogP contribution is -2.41. The Bertz CT molecular complexity index is 1850. The van der Waals surface area contributed by atoms with Crippen LogP contribution in [0.15, 0.2) is 71.7 Å². The van der Waals surface area contributed by atoms with E-state index in [2.05, 4.69) is 25.9 Å². The number of alkyl halides is 2. The average molecular weight is 638 g/mol. The quantitative estimate of drug-likeness (QED) is 0.138. The number of hydrogen-bond donors (Lipinski definition) is 6. The number of anilines is 3. The van der Waals surface area contributed by atoms with Crippen molar-refractivity contribution in [3.05, 3.63) is 88.6 Å². The van der Waals surface area contributed by atoms with Crippen LogP contribution >= 0.6 is 0 Å². The summed E-state index contributed by atoms with van der Waals surface area (Å²) in [5.74, 6) is -5.56. The molecule has 46 heavy (non-hydrogen) atoms. The average Bonchev–Trinajstić information content (AvgIpc) is 3.27. The van der Waals surface area contributed by atoms with Gasteiger partial charge in [0.25, 0.3) is 5.91 Å². The van der Waals surface area contributed by atoms with Crippen molar-refractivity contribution in [2.75, 3.05) is 23.0 Å². The first-order valence-electron chi connectivity index (χ1n) is 14.0. The second kappa shape index (κ2) is 13.4. The molecule has 16 heteroatoms. The number of halogens is 2. The van der Waals surface area contributed by atoms with Gasteiger partial charge in [0, 0.05) is 30.0 Å². The number of aliphatic hydroxyl groups excluding tert-OH is 2. The van der Waals surface area contributed by atoms with Gasteiger partial charge in [-0.05, 0) is 42.5 Å². The van der Waals surface area contributed by atoms with E-state index in [9.17, 15) is 33.1 Å². The molecular weight excluding hydrogens is 608 g/mol. The third-order valence-electron chi connectivity index (χ3n) is 7.17. The summed E-state index contributed by atoms with van der Waals surface area (Å²) in [7, 11) is 0. The van der Waals surface area contributed by atoms with Gasteiger partial charge in [-0.15, -0.1) is 0 Å². The van der Waals surface area contributed by atoms with Crippen molar-refractivity contribution in [2.45, 2.75) is 43.7 Å². The Labute approximate surface area is 259 Å². The molecule has 1 aliphatic rings. The molecule has 0 radical (unpaired) electrons. The molecule has 14 nitrogen and oxygen atoms in total. The van der Waals surface area contributed by atoms with E-state index in [1.165, 1.54) is 0 Å². The molecule has 3 atom stereocenters. The highest BCUT2D eigenvalue weighted by molar-refractivity contribution is 6.07. The monoisotopic (exact) mass is 637 g/mol. The van der Waals surface area contributed by atoms with Crippen LogP contribution in [-0.4, -0.2) is 67.2 Å². The maximum atomic E-state index is 14.3. The van der Waals surface area contributed by atoms with E-state index >= 15 is 0 Å². The van der Waals surface area contributed by atoms with E-state index in [0.29, 0.717) is 38.1 Å². The molecule has 3 heterocycles. The largest absolute Gasteiger partial charge is 0.397 e. The molecule has 5 rings (SSSR count). The Hall–Kier alpha value is -5.32. The molecule has 1 saturated heterocycles. The van der Waals surface area contributed by atoms with E-state index in [1.54, 1.807) is 54.6 Å². The van der Waals surface area contributed by atoms with E-state index in [0.717, 1.165) is 12.3 Å². The van der Waals surface area contributed by atoms with Gasteiger partial charge >= 0.3 is 11.6 Å². The van der Waals surface area contributed by atoms with Crippen molar-refractivity contribution in [3.63, 3.8) is 0 Å². The fourth-order valence-electron chi connectivity index (χ4n) is 4.70. The van der Waals surface area contributed by atoms with Crippen molar-refractivity contribution in [2.24, 2.45) is 0 Å². The van der Waals surface area contributed by atoms with Gasteiger partial charge in [-0.25, -0.2) is 4.79 Å². The molecular formula is C30H29F2N7O7. The summed E-state index contributed by atoms with van der Waals surface area (Å²) in [5, 5.41) is 27.2. The van der Waals surface area contributed by atoms with Gasteiger partial charge in [-0.2, -0.15) is 13.8 Å². The highest BCUT2D eigenvalue weighted by Gasteiger charge is 2.59. The van der Waals surface area contributed by atoms with Crippen molar-refractivity contribution in [3.8, 4) is 0 Å². The van der Waals surface area contributed by atoms with Crippen LogP contribution in [-0.2, 0) is 20.9 Å². The molecule has 0 saturated carbocycles. The van der Waals surface area contributed by atoms with Crippen LogP contribution in [0.2, 0.25) is 0 Å². The lowest BCUT2D eigenvalue weighted by atomic mass is 10.1. The Morgan fingerprint density at radius 1 is 1.00 bits per heavy atom. The lowest BCUT2D eigenvalue weighted by molar-refractivity contribution is -0.141. The summed E-state index contributed by atoms with van der Waals surface area (Å²) in [6, 6.07) is 16.4. The number of carbonyl (C=O) groups is 3. The second-order valence-corrected chi connectivity index (χ2v) is 10.4. The van der Waals surface area contributed by atoms with Gasteiger partial charge in [-0.3, -0.25) is 23.9 Å². The van der Waals surface area contributed by atoms with Gasteiger partial charge in [0.15, 0.2) is 6.10 Å². The van der Waals surface area contributed by atoms with Crippen LogP contribution in [0.5, 0.6) is 0 Å². The van der Waals surface area contributed by atoms with Crippen LogP contribution < -0.4 is 27.4 Å². The zero-order valence-corrected chi connectivity index (χ0v) is 24.0. The first-order chi connectivity index (χ1) is 22.0. The number of benzene rings is 2. The maximum absolute atomic E-state index is 14.3. The number of amides is 3. The van der Waals surface area contributed by atoms with Crippen molar-refractivity contribution >= 4 is 45.8 Å². The number of carbonyl (C=O) groups excluding carboxylic acids is 3. The number of nitrogen functional groups attached to an aromatic ring is 1. The number of nitrogens with zero attached hydrogens (tertiary/aromatic N) is 3. The Balaban J connectivity index is 1.10. The molecule has 2 aromatic heterocycles. The Morgan fingerprint density at radius 3 is 2.48 bits per heavy atom. The zero-order valence-electron chi connectivity index (χ0n) is 24.0. The molecule has 4 aromatic rings. The summed E-state index contributed by atoms with van der Waals surface area (Å²) in [5.41, 5.74) is 7.20. The predicted octanol–water partition coefficient (Wildman–Crippen LogP) is 1.55. The van der Waals surface area contributed by atoms with Crippen LogP contribution in [0.25, 0.3) is 10.9 Å².